The van der Waals surface area contributed by atoms with E-state index in [0.717, 1.165) is 11.3 Å². The van der Waals surface area contributed by atoms with Crippen molar-refractivity contribution in [2.75, 3.05) is 11.8 Å². The van der Waals surface area contributed by atoms with E-state index in [1.807, 2.05) is 0 Å². The standard InChI is InChI=1S/C11H10ClN3O3S2/c1-13-10(16)7-3-2-4-8(5-7)15-20(17,18)9-6-14-11(12)19-9/h2-6,15H,1H3,(H,13,16). The van der Waals surface area contributed by atoms with Crippen LogP contribution in [0.2, 0.25) is 4.47 Å². The largest absolute Gasteiger partial charge is 0.355 e. The SMILES string of the molecule is CNC(=O)c1cccc(NS(=O)(=O)c2cnc(Cl)s2)c1. The summed E-state index contributed by atoms with van der Waals surface area (Å²) in [5, 5.41) is 2.46. The molecule has 2 rings (SSSR count). The number of nitrogens with one attached hydrogen (secondary N) is 2. The van der Waals surface area contributed by atoms with Crippen molar-refractivity contribution in [2.45, 2.75) is 4.21 Å². The smallest absolute Gasteiger partial charge is 0.273 e. The number of rotatable bonds is 4. The Morgan fingerprint density at radius 2 is 2.15 bits per heavy atom. The van der Waals surface area contributed by atoms with Crippen LogP contribution in [0.4, 0.5) is 5.69 Å². The maximum atomic E-state index is 12.1. The van der Waals surface area contributed by atoms with Gasteiger partial charge in [0.15, 0.2) is 8.68 Å². The first kappa shape index (κ1) is 14.8. The van der Waals surface area contributed by atoms with Crippen LogP contribution in [0.25, 0.3) is 0 Å². The Morgan fingerprint density at radius 3 is 2.75 bits per heavy atom. The Morgan fingerprint density at radius 1 is 1.40 bits per heavy atom. The van der Waals surface area contributed by atoms with Crippen molar-refractivity contribution in [2.24, 2.45) is 0 Å². The number of aromatic nitrogens is 1. The Balaban J connectivity index is 2.28. The molecule has 0 saturated heterocycles. The number of sulfonamides is 1. The van der Waals surface area contributed by atoms with Gasteiger partial charge in [-0.05, 0) is 18.2 Å². The highest BCUT2D eigenvalue weighted by Crippen LogP contribution is 2.24. The van der Waals surface area contributed by atoms with E-state index in [1.165, 1.54) is 19.3 Å². The Kier molecular flexibility index (Phi) is 4.26. The minimum atomic E-state index is -3.75. The second kappa shape index (κ2) is 5.78. The first-order chi connectivity index (χ1) is 9.42. The summed E-state index contributed by atoms with van der Waals surface area (Å²) in [4.78, 5) is 15.2. The van der Waals surface area contributed by atoms with Crippen molar-refractivity contribution in [3.05, 3.63) is 40.5 Å². The van der Waals surface area contributed by atoms with Gasteiger partial charge in [0.25, 0.3) is 15.9 Å². The van der Waals surface area contributed by atoms with E-state index in [9.17, 15) is 13.2 Å². The molecule has 0 radical (unpaired) electrons. The van der Waals surface area contributed by atoms with Crippen LogP contribution >= 0.6 is 22.9 Å². The third kappa shape index (κ3) is 3.27. The fraction of sp³-hybridized carbons (Fsp3) is 0.0909. The highest BCUT2D eigenvalue weighted by Gasteiger charge is 2.18. The fourth-order valence-electron chi connectivity index (χ4n) is 1.44. The number of benzene rings is 1. The maximum absolute atomic E-state index is 12.1. The van der Waals surface area contributed by atoms with Crippen molar-refractivity contribution in [3.8, 4) is 0 Å². The number of hydrogen-bond acceptors (Lipinski definition) is 5. The lowest BCUT2D eigenvalue weighted by molar-refractivity contribution is 0.0963. The Hall–Kier alpha value is -1.64. The third-order valence-electron chi connectivity index (χ3n) is 2.33. The van der Waals surface area contributed by atoms with Gasteiger partial charge in [0.05, 0.1) is 6.20 Å². The molecule has 6 nitrogen and oxygen atoms in total. The summed E-state index contributed by atoms with van der Waals surface area (Å²) in [6.07, 6.45) is 1.18. The average molecular weight is 332 g/mol. The molecule has 0 unspecified atom stereocenters. The van der Waals surface area contributed by atoms with E-state index in [0.29, 0.717) is 5.56 Å². The molecule has 0 spiro atoms. The summed E-state index contributed by atoms with van der Waals surface area (Å²) in [6.45, 7) is 0. The van der Waals surface area contributed by atoms with Crippen molar-refractivity contribution in [3.63, 3.8) is 0 Å². The molecule has 0 aliphatic rings. The lowest BCUT2D eigenvalue weighted by Crippen LogP contribution is -2.18. The fourth-order valence-corrected chi connectivity index (χ4v) is 3.78. The van der Waals surface area contributed by atoms with Gasteiger partial charge in [-0.1, -0.05) is 29.0 Å². The number of nitrogens with zero attached hydrogens (tertiary/aromatic N) is 1. The van der Waals surface area contributed by atoms with Gasteiger partial charge in [-0.25, -0.2) is 13.4 Å². The average Bonchev–Trinajstić information content (AvgIpc) is 2.85. The van der Waals surface area contributed by atoms with Gasteiger partial charge in [-0.3, -0.25) is 9.52 Å². The second-order valence-corrected chi connectivity index (χ2v) is 7.22. The van der Waals surface area contributed by atoms with Crippen LogP contribution in [-0.2, 0) is 10.0 Å². The van der Waals surface area contributed by atoms with Gasteiger partial charge in [-0.2, -0.15) is 0 Å². The molecule has 1 aromatic carbocycles. The zero-order chi connectivity index (χ0) is 14.8. The molecule has 106 valence electrons. The van der Waals surface area contributed by atoms with Crippen LogP contribution in [-0.4, -0.2) is 26.4 Å². The number of halogens is 1. The van der Waals surface area contributed by atoms with Gasteiger partial charge in [0.2, 0.25) is 0 Å². The highest BCUT2D eigenvalue weighted by molar-refractivity contribution is 7.94. The molecule has 2 aromatic rings. The second-order valence-electron chi connectivity index (χ2n) is 3.70. The minimum Gasteiger partial charge on any atom is -0.355 e. The number of carbonyl (C=O) groups is 1. The molecule has 0 aliphatic heterocycles. The molecule has 9 heteroatoms. The molecule has 0 bridgehead atoms. The highest BCUT2D eigenvalue weighted by atomic mass is 35.5. The van der Waals surface area contributed by atoms with Crippen molar-refractivity contribution in [1.82, 2.24) is 10.3 Å². The summed E-state index contributed by atoms with van der Waals surface area (Å²) in [6, 6.07) is 6.16. The summed E-state index contributed by atoms with van der Waals surface area (Å²) >= 11 is 6.47. The van der Waals surface area contributed by atoms with Crippen molar-refractivity contribution in [1.29, 1.82) is 0 Å². The van der Waals surface area contributed by atoms with E-state index in [4.69, 9.17) is 11.6 Å². The third-order valence-corrected chi connectivity index (χ3v) is 5.28. The van der Waals surface area contributed by atoms with Crippen molar-refractivity contribution >= 4 is 44.6 Å². The van der Waals surface area contributed by atoms with Gasteiger partial charge >= 0.3 is 0 Å². The van der Waals surface area contributed by atoms with E-state index in [2.05, 4.69) is 15.0 Å². The summed E-state index contributed by atoms with van der Waals surface area (Å²) < 4.78 is 26.7. The Bertz CT molecular complexity index is 743. The van der Waals surface area contributed by atoms with Crippen molar-refractivity contribution < 1.29 is 13.2 Å². The normalized spacial score (nSPS) is 11.1. The monoisotopic (exact) mass is 331 g/mol. The van der Waals surface area contributed by atoms with E-state index in [1.54, 1.807) is 18.2 Å². The molecule has 1 amide bonds. The number of hydrogen-bond donors (Lipinski definition) is 2. The van der Waals surface area contributed by atoms with E-state index < -0.39 is 10.0 Å². The molecule has 0 fully saturated rings. The van der Waals surface area contributed by atoms with E-state index >= 15 is 0 Å². The van der Waals surface area contributed by atoms with Crippen LogP contribution in [0.5, 0.6) is 0 Å². The molecule has 1 heterocycles. The molecule has 0 aliphatic carbocycles. The first-order valence-electron chi connectivity index (χ1n) is 5.38. The topological polar surface area (TPSA) is 88.2 Å². The van der Waals surface area contributed by atoms with Gasteiger partial charge < -0.3 is 5.32 Å². The van der Waals surface area contributed by atoms with Crippen LogP contribution < -0.4 is 10.0 Å². The van der Waals surface area contributed by atoms with Crippen LogP contribution in [0.3, 0.4) is 0 Å². The molecule has 1 aromatic heterocycles. The summed E-state index contributed by atoms with van der Waals surface area (Å²) in [5.41, 5.74) is 0.644. The van der Waals surface area contributed by atoms with Crippen LogP contribution in [0.1, 0.15) is 10.4 Å². The predicted molar refractivity (Wildman–Crippen MR) is 77.8 cm³/mol. The van der Waals surface area contributed by atoms with Gasteiger partial charge in [-0.15, -0.1) is 0 Å². The Labute approximate surface area is 124 Å². The zero-order valence-corrected chi connectivity index (χ0v) is 12.6. The van der Waals surface area contributed by atoms with Crippen LogP contribution in [0.15, 0.2) is 34.7 Å². The van der Waals surface area contributed by atoms with Crippen LogP contribution in [0, 0.1) is 0 Å². The molecule has 0 saturated carbocycles. The molecular weight excluding hydrogens is 322 g/mol. The number of amides is 1. The number of carbonyl (C=O) groups excluding carboxylic acids is 1. The maximum Gasteiger partial charge on any atom is 0.273 e. The number of thiazole rings is 1. The molecule has 0 atom stereocenters. The summed E-state index contributed by atoms with van der Waals surface area (Å²) in [5.74, 6) is -0.299. The predicted octanol–water partition coefficient (Wildman–Crippen LogP) is 1.96. The van der Waals surface area contributed by atoms with E-state index in [-0.39, 0.29) is 20.3 Å². The number of anilines is 1. The zero-order valence-electron chi connectivity index (χ0n) is 10.3. The quantitative estimate of drug-likeness (QED) is 0.896. The molecule has 2 N–H and O–H groups in total. The van der Waals surface area contributed by atoms with Gasteiger partial charge in [0, 0.05) is 18.3 Å². The van der Waals surface area contributed by atoms with Gasteiger partial charge in [0.1, 0.15) is 0 Å². The summed E-state index contributed by atoms with van der Waals surface area (Å²) in [7, 11) is -2.25. The first-order valence-corrected chi connectivity index (χ1v) is 8.06. The lowest BCUT2D eigenvalue weighted by atomic mass is 10.2. The lowest BCUT2D eigenvalue weighted by Gasteiger charge is -2.07. The minimum absolute atomic E-state index is 0.00726. The molecule has 20 heavy (non-hydrogen) atoms. The molecular formula is C11H10ClN3O3S2.